The third kappa shape index (κ3) is 2.53. The average molecular weight is 287 g/mol. The van der Waals surface area contributed by atoms with Gasteiger partial charge >= 0.3 is 0 Å². The van der Waals surface area contributed by atoms with Crippen LogP contribution in [0.25, 0.3) is 11.3 Å². The Balaban J connectivity index is 1.95. The molecule has 4 N–H and O–H groups in total. The lowest BCUT2D eigenvalue weighted by molar-refractivity contribution is 0.398. The second-order valence-corrected chi connectivity index (χ2v) is 5.50. The fourth-order valence-corrected chi connectivity index (χ4v) is 2.97. The van der Waals surface area contributed by atoms with Gasteiger partial charge in [-0.25, -0.2) is 14.6 Å². The number of imidazole rings is 1. The Bertz CT molecular complexity index is 614. The topological polar surface area (TPSA) is 92.0 Å². The number of ether oxygens (including phenoxy) is 1. The Labute approximate surface area is 124 Å². The van der Waals surface area contributed by atoms with Crippen molar-refractivity contribution in [1.29, 1.82) is 0 Å². The zero-order valence-corrected chi connectivity index (χ0v) is 12.2. The molecule has 2 heterocycles. The highest BCUT2D eigenvalue weighted by Crippen LogP contribution is 2.35. The maximum Gasteiger partial charge on any atom is 0.212 e. The van der Waals surface area contributed by atoms with Gasteiger partial charge in [-0.05, 0) is 18.9 Å². The van der Waals surface area contributed by atoms with E-state index in [1.54, 1.807) is 19.4 Å². The molecular weight excluding hydrogens is 266 g/mol. The molecule has 2 aromatic heterocycles. The summed E-state index contributed by atoms with van der Waals surface area (Å²) < 4.78 is 6.60. The number of pyridine rings is 1. The van der Waals surface area contributed by atoms with Crippen molar-refractivity contribution >= 4 is 5.82 Å². The first-order chi connectivity index (χ1) is 10.2. The standard InChI is InChI=1S/C15H21N5O/c1-21-12-8-7-11(9-18-12)13-14(16)20(17)15(19-13)10-5-3-2-4-6-10/h7-10H,2-6,16-17H2,1H3. The number of nitrogens with zero attached hydrogens (tertiary/aromatic N) is 3. The Morgan fingerprint density at radius 1 is 1.24 bits per heavy atom. The highest BCUT2D eigenvalue weighted by molar-refractivity contribution is 5.70. The highest BCUT2D eigenvalue weighted by Gasteiger charge is 2.24. The molecule has 0 amide bonds. The molecule has 3 rings (SSSR count). The molecule has 1 saturated carbocycles. The van der Waals surface area contributed by atoms with E-state index in [4.69, 9.17) is 21.3 Å². The Morgan fingerprint density at radius 2 is 2.00 bits per heavy atom. The second-order valence-electron chi connectivity index (χ2n) is 5.50. The third-order valence-corrected chi connectivity index (χ3v) is 4.16. The van der Waals surface area contributed by atoms with Crippen molar-refractivity contribution in [2.75, 3.05) is 18.7 Å². The van der Waals surface area contributed by atoms with Crippen molar-refractivity contribution in [3.05, 3.63) is 24.2 Å². The molecule has 112 valence electrons. The summed E-state index contributed by atoms with van der Waals surface area (Å²) >= 11 is 0. The van der Waals surface area contributed by atoms with Crippen LogP contribution in [0.15, 0.2) is 18.3 Å². The lowest BCUT2D eigenvalue weighted by atomic mass is 9.89. The van der Waals surface area contributed by atoms with E-state index in [0.717, 1.165) is 24.2 Å². The summed E-state index contributed by atoms with van der Waals surface area (Å²) in [5.41, 5.74) is 7.69. The molecule has 0 atom stereocenters. The van der Waals surface area contributed by atoms with Gasteiger partial charge in [-0.3, -0.25) is 0 Å². The molecule has 2 aromatic rings. The van der Waals surface area contributed by atoms with Crippen LogP contribution in [-0.4, -0.2) is 21.8 Å². The molecule has 0 saturated heterocycles. The number of methoxy groups -OCH3 is 1. The van der Waals surface area contributed by atoms with Crippen LogP contribution >= 0.6 is 0 Å². The van der Waals surface area contributed by atoms with E-state index in [1.165, 1.54) is 23.9 Å². The summed E-state index contributed by atoms with van der Waals surface area (Å²) in [6.45, 7) is 0. The van der Waals surface area contributed by atoms with Crippen molar-refractivity contribution in [1.82, 2.24) is 14.6 Å². The van der Waals surface area contributed by atoms with Crippen molar-refractivity contribution in [2.45, 2.75) is 38.0 Å². The summed E-state index contributed by atoms with van der Waals surface area (Å²) in [4.78, 5) is 8.89. The van der Waals surface area contributed by atoms with Crippen molar-refractivity contribution in [2.24, 2.45) is 0 Å². The van der Waals surface area contributed by atoms with Gasteiger partial charge in [0.25, 0.3) is 0 Å². The summed E-state index contributed by atoms with van der Waals surface area (Å²) in [6, 6.07) is 3.69. The van der Waals surface area contributed by atoms with Crippen molar-refractivity contribution < 1.29 is 4.74 Å². The average Bonchev–Trinajstić information content (AvgIpc) is 2.84. The first kappa shape index (κ1) is 13.7. The van der Waals surface area contributed by atoms with E-state index < -0.39 is 0 Å². The number of rotatable bonds is 3. The molecule has 0 aliphatic heterocycles. The minimum atomic E-state index is 0.408. The van der Waals surface area contributed by atoms with Crippen LogP contribution in [0.2, 0.25) is 0 Å². The molecule has 0 radical (unpaired) electrons. The second kappa shape index (κ2) is 5.63. The molecule has 21 heavy (non-hydrogen) atoms. The molecule has 0 spiro atoms. The van der Waals surface area contributed by atoms with Gasteiger partial charge in [0, 0.05) is 23.7 Å². The van der Waals surface area contributed by atoms with Gasteiger partial charge in [-0.15, -0.1) is 0 Å². The molecule has 6 nitrogen and oxygen atoms in total. The molecule has 0 aromatic carbocycles. The van der Waals surface area contributed by atoms with E-state index in [2.05, 4.69) is 4.98 Å². The molecule has 6 heteroatoms. The largest absolute Gasteiger partial charge is 0.481 e. The van der Waals surface area contributed by atoms with Crippen LogP contribution in [0.5, 0.6) is 5.88 Å². The number of nitrogens with two attached hydrogens (primary N) is 2. The van der Waals surface area contributed by atoms with Gasteiger partial charge in [-0.2, -0.15) is 0 Å². The molecule has 0 unspecified atom stereocenters. The summed E-state index contributed by atoms with van der Waals surface area (Å²) in [5, 5.41) is 0. The Kier molecular flexibility index (Phi) is 3.68. The number of aromatic nitrogens is 3. The highest BCUT2D eigenvalue weighted by atomic mass is 16.5. The van der Waals surface area contributed by atoms with Gasteiger partial charge in [0.2, 0.25) is 5.88 Å². The van der Waals surface area contributed by atoms with Crippen LogP contribution in [0.4, 0.5) is 5.82 Å². The fourth-order valence-electron chi connectivity index (χ4n) is 2.97. The SMILES string of the molecule is COc1ccc(-c2nc(C3CCCCC3)n(N)c2N)cn1. The molecule has 1 aliphatic rings. The fraction of sp³-hybridized carbons (Fsp3) is 0.467. The van der Waals surface area contributed by atoms with E-state index in [1.807, 2.05) is 6.07 Å². The normalized spacial score (nSPS) is 16.0. The predicted molar refractivity (Wildman–Crippen MR) is 82.4 cm³/mol. The number of hydrogen-bond donors (Lipinski definition) is 2. The maximum absolute atomic E-state index is 6.13. The van der Waals surface area contributed by atoms with Gasteiger partial charge in [0.05, 0.1) is 7.11 Å². The van der Waals surface area contributed by atoms with Gasteiger partial charge in [-0.1, -0.05) is 19.3 Å². The number of nitrogen functional groups attached to an aromatic ring is 2. The van der Waals surface area contributed by atoms with Crippen LogP contribution < -0.4 is 16.3 Å². The van der Waals surface area contributed by atoms with E-state index >= 15 is 0 Å². The van der Waals surface area contributed by atoms with E-state index in [9.17, 15) is 0 Å². The number of hydrogen-bond acceptors (Lipinski definition) is 5. The quantitative estimate of drug-likeness (QED) is 0.845. The Morgan fingerprint density at radius 3 is 2.62 bits per heavy atom. The minimum absolute atomic E-state index is 0.408. The van der Waals surface area contributed by atoms with Crippen LogP contribution in [-0.2, 0) is 0 Å². The van der Waals surface area contributed by atoms with E-state index in [0.29, 0.717) is 23.3 Å². The van der Waals surface area contributed by atoms with Crippen LogP contribution in [0, 0.1) is 0 Å². The van der Waals surface area contributed by atoms with Gasteiger partial charge in [0.1, 0.15) is 11.5 Å². The molecular formula is C15H21N5O. The maximum atomic E-state index is 6.13. The summed E-state index contributed by atoms with van der Waals surface area (Å²) in [7, 11) is 1.59. The first-order valence-electron chi connectivity index (χ1n) is 7.34. The zero-order valence-electron chi connectivity index (χ0n) is 12.2. The summed E-state index contributed by atoms with van der Waals surface area (Å²) in [5.74, 6) is 8.46. The molecule has 0 bridgehead atoms. The predicted octanol–water partition coefficient (Wildman–Crippen LogP) is 2.30. The van der Waals surface area contributed by atoms with Crippen molar-refractivity contribution in [3.63, 3.8) is 0 Å². The lowest BCUT2D eigenvalue weighted by Crippen LogP contribution is -2.19. The molecule has 1 fully saturated rings. The molecule has 1 aliphatic carbocycles. The minimum Gasteiger partial charge on any atom is -0.481 e. The summed E-state index contributed by atoms with van der Waals surface area (Å²) in [6.07, 6.45) is 7.74. The lowest BCUT2D eigenvalue weighted by Gasteiger charge is -2.20. The zero-order chi connectivity index (χ0) is 14.8. The van der Waals surface area contributed by atoms with Gasteiger partial charge in [0.15, 0.2) is 5.82 Å². The Hall–Kier alpha value is -2.24. The number of anilines is 1. The van der Waals surface area contributed by atoms with E-state index in [-0.39, 0.29) is 0 Å². The van der Waals surface area contributed by atoms with Gasteiger partial charge < -0.3 is 16.3 Å². The van der Waals surface area contributed by atoms with Crippen LogP contribution in [0.3, 0.4) is 0 Å². The monoisotopic (exact) mass is 287 g/mol. The smallest absolute Gasteiger partial charge is 0.212 e. The third-order valence-electron chi connectivity index (χ3n) is 4.16. The first-order valence-corrected chi connectivity index (χ1v) is 7.34. The van der Waals surface area contributed by atoms with Crippen LogP contribution in [0.1, 0.15) is 43.8 Å². The van der Waals surface area contributed by atoms with Crippen molar-refractivity contribution in [3.8, 4) is 17.1 Å².